The molecule has 0 bridgehead atoms. The van der Waals surface area contributed by atoms with E-state index in [1.165, 1.54) is 7.11 Å². The Morgan fingerprint density at radius 2 is 1.60 bits per heavy atom. The van der Waals surface area contributed by atoms with Gasteiger partial charge >= 0.3 is 6.03 Å². The van der Waals surface area contributed by atoms with Crippen LogP contribution in [0.1, 0.15) is 73.4 Å². The molecular weight excluding hydrogens is 613 g/mol. The van der Waals surface area contributed by atoms with Crippen molar-refractivity contribution in [2.75, 3.05) is 46.4 Å². The zero-order valence-corrected chi connectivity index (χ0v) is 27.3. The number of carbonyl (C=O) groups is 2. The number of methoxy groups -OCH3 is 1. The minimum absolute atomic E-state index is 0.113. The molecule has 11 heteroatoms. The number of aliphatic hydroxyl groups is 1. The van der Waals surface area contributed by atoms with Gasteiger partial charge in [-0.25, -0.2) is 4.79 Å². The summed E-state index contributed by atoms with van der Waals surface area (Å²) < 4.78 is 5.35. The lowest BCUT2D eigenvalue weighted by atomic mass is 9.78. The van der Waals surface area contributed by atoms with Gasteiger partial charge in [0.25, 0.3) is 0 Å². The molecule has 242 valence electrons. The highest BCUT2D eigenvalue weighted by atomic mass is 35.5. The van der Waals surface area contributed by atoms with E-state index in [2.05, 4.69) is 15.9 Å². The van der Waals surface area contributed by atoms with Crippen LogP contribution in [0.3, 0.4) is 0 Å². The molecule has 0 saturated carbocycles. The molecule has 2 unspecified atom stereocenters. The Bertz CT molecular complexity index is 1430. The second-order valence-corrected chi connectivity index (χ2v) is 13.9. The number of likely N-dealkylation sites (tertiary alicyclic amines) is 3. The number of primary amides is 1. The molecule has 9 nitrogen and oxygen atoms in total. The van der Waals surface area contributed by atoms with Crippen molar-refractivity contribution in [2.24, 2.45) is 23.5 Å². The first-order valence-electron chi connectivity index (χ1n) is 16.2. The Labute approximate surface area is 275 Å². The molecule has 3 saturated heterocycles. The Morgan fingerprint density at radius 3 is 2.24 bits per heavy atom. The summed E-state index contributed by atoms with van der Waals surface area (Å²) in [6, 6.07) is 7.31. The number of piperidine rings is 3. The zero-order valence-electron chi connectivity index (χ0n) is 25.8. The van der Waals surface area contributed by atoms with Crippen molar-refractivity contribution in [3.63, 3.8) is 0 Å². The SMILES string of the molecule is COC(O)C1=Cc2cc(Cl)ccc2C(N2CCC(C3CCN(C(=O)CC4CCN(C(N)=O)CC4)CC3)CC2)c2ncc(Cl)cc21. The maximum absolute atomic E-state index is 13.1. The number of ether oxygens (including phenoxy) is 1. The van der Waals surface area contributed by atoms with Crippen LogP contribution in [0.2, 0.25) is 10.0 Å². The minimum atomic E-state index is -1.13. The van der Waals surface area contributed by atoms with Gasteiger partial charge in [0, 0.05) is 62.1 Å². The summed E-state index contributed by atoms with van der Waals surface area (Å²) in [5.41, 5.74) is 9.69. The zero-order chi connectivity index (χ0) is 31.7. The fraction of sp³-hybridized carbons (Fsp3) is 0.559. The molecule has 3 aliphatic heterocycles. The second-order valence-electron chi connectivity index (χ2n) is 13.0. The summed E-state index contributed by atoms with van der Waals surface area (Å²) >= 11 is 12.9. The average molecular weight is 657 g/mol. The van der Waals surface area contributed by atoms with E-state index in [0.717, 1.165) is 87.1 Å². The molecule has 2 atom stereocenters. The normalized spacial score (nSPS) is 22.8. The van der Waals surface area contributed by atoms with Gasteiger partial charge < -0.3 is 25.4 Å². The van der Waals surface area contributed by atoms with Crippen molar-refractivity contribution in [3.05, 3.63) is 62.9 Å². The number of carbonyl (C=O) groups excluding carboxylic acids is 2. The lowest BCUT2D eigenvalue weighted by Gasteiger charge is -2.43. The monoisotopic (exact) mass is 655 g/mol. The summed E-state index contributed by atoms with van der Waals surface area (Å²) in [4.78, 5) is 35.6. The van der Waals surface area contributed by atoms with Crippen LogP contribution >= 0.6 is 23.2 Å². The number of urea groups is 1. The number of aromatic nitrogens is 1. The summed E-state index contributed by atoms with van der Waals surface area (Å²) in [6.07, 6.45) is 9.02. The van der Waals surface area contributed by atoms with Crippen molar-refractivity contribution < 1.29 is 19.4 Å². The van der Waals surface area contributed by atoms with E-state index in [1.807, 2.05) is 24.3 Å². The number of halogens is 2. The number of nitrogens with two attached hydrogens (primary N) is 1. The summed E-state index contributed by atoms with van der Waals surface area (Å²) in [5.74, 6) is 1.82. The smallest absolute Gasteiger partial charge is 0.314 e. The third-order valence-electron chi connectivity index (χ3n) is 10.5. The van der Waals surface area contributed by atoms with Gasteiger partial charge in [-0.1, -0.05) is 29.3 Å². The quantitative estimate of drug-likeness (QED) is 0.402. The van der Waals surface area contributed by atoms with Gasteiger partial charge in [0.05, 0.1) is 16.8 Å². The van der Waals surface area contributed by atoms with Gasteiger partial charge in [-0.3, -0.25) is 14.7 Å². The number of benzene rings is 1. The van der Waals surface area contributed by atoms with Crippen LogP contribution in [0.25, 0.3) is 11.6 Å². The van der Waals surface area contributed by atoms with Crippen molar-refractivity contribution in [1.29, 1.82) is 0 Å². The molecule has 1 aromatic heterocycles. The molecule has 1 aliphatic carbocycles. The molecule has 2 aromatic rings. The molecule has 6 rings (SSSR count). The van der Waals surface area contributed by atoms with Crippen LogP contribution in [-0.4, -0.2) is 89.4 Å². The number of fused-ring (bicyclic) bond motifs is 2. The summed E-state index contributed by atoms with van der Waals surface area (Å²) in [5, 5.41) is 12.0. The molecule has 3 N–H and O–H groups in total. The van der Waals surface area contributed by atoms with Crippen molar-refractivity contribution in [3.8, 4) is 0 Å². The number of nitrogens with zero attached hydrogens (tertiary/aromatic N) is 4. The average Bonchev–Trinajstić information content (AvgIpc) is 3.18. The van der Waals surface area contributed by atoms with Crippen molar-refractivity contribution in [1.82, 2.24) is 19.7 Å². The van der Waals surface area contributed by atoms with E-state index >= 15 is 0 Å². The summed E-state index contributed by atoms with van der Waals surface area (Å²) in [7, 11) is 1.48. The maximum Gasteiger partial charge on any atom is 0.314 e. The van der Waals surface area contributed by atoms with Crippen LogP contribution in [0.5, 0.6) is 0 Å². The number of rotatable bonds is 6. The molecule has 0 radical (unpaired) electrons. The van der Waals surface area contributed by atoms with Gasteiger partial charge in [-0.05, 0) is 105 Å². The first kappa shape index (κ1) is 32.3. The number of hydrogen-bond donors (Lipinski definition) is 2. The molecular formula is C34H43Cl2N5O4. The first-order chi connectivity index (χ1) is 21.7. The lowest BCUT2D eigenvalue weighted by molar-refractivity contribution is -0.134. The standard InChI is InChI=1S/C34H43Cl2N5O4/c1-45-33(43)29-18-24-17-25(35)2-3-27(24)32(31-28(29)19-26(36)20-38-31)40-14-8-23(9-15-40)22-6-12-39(13-7-22)30(42)16-21-4-10-41(11-5-21)34(37)44/h2-3,17-23,32-33,43H,4-16H2,1H3,(H2,37,44). The third kappa shape index (κ3) is 7.03. The van der Waals surface area contributed by atoms with E-state index in [9.17, 15) is 14.7 Å². The predicted octanol–water partition coefficient (Wildman–Crippen LogP) is 5.43. The molecule has 4 heterocycles. The Hall–Kier alpha value is -2.69. The van der Waals surface area contributed by atoms with Gasteiger partial charge in [0.2, 0.25) is 5.91 Å². The Balaban J connectivity index is 1.10. The van der Waals surface area contributed by atoms with Crippen molar-refractivity contribution in [2.45, 2.75) is 57.3 Å². The maximum atomic E-state index is 13.1. The highest BCUT2D eigenvalue weighted by Gasteiger charge is 2.37. The number of hydrogen-bond acceptors (Lipinski definition) is 6. The third-order valence-corrected chi connectivity index (χ3v) is 10.9. The van der Waals surface area contributed by atoms with Gasteiger partial charge in [-0.2, -0.15) is 0 Å². The number of aliphatic hydroxyl groups excluding tert-OH is 1. The molecule has 45 heavy (non-hydrogen) atoms. The van der Waals surface area contributed by atoms with E-state index in [-0.39, 0.29) is 18.0 Å². The van der Waals surface area contributed by atoms with E-state index in [4.69, 9.17) is 38.7 Å². The predicted molar refractivity (Wildman–Crippen MR) is 176 cm³/mol. The van der Waals surface area contributed by atoms with Gasteiger partial charge in [0.1, 0.15) is 0 Å². The van der Waals surface area contributed by atoms with Crippen LogP contribution in [0, 0.1) is 17.8 Å². The van der Waals surface area contributed by atoms with Crippen molar-refractivity contribution >= 4 is 46.8 Å². The van der Waals surface area contributed by atoms with Gasteiger partial charge in [-0.15, -0.1) is 0 Å². The highest BCUT2D eigenvalue weighted by Crippen LogP contribution is 2.44. The molecule has 0 spiro atoms. The molecule has 4 aliphatic rings. The largest absolute Gasteiger partial charge is 0.364 e. The fourth-order valence-electron chi connectivity index (χ4n) is 7.91. The fourth-order valence-corrected chi connectivity index (χ4v) is 8.25. The van der Waals surface area contributed by atoms with Crippen LogP contribution in [-0.2, 0) is 9.53 Å². The van der Waals surface area contributed by atoms with E-state index in [0.29, 0.717) is 52.9 Å². The molecule has 3 fully saturated rings. The van der Waals surface area contributed by atoms with E-state index in [1.54, 1.807) is 11.1 Å². The number of pyridine rings is 1. The van der Waals surface area contributed by atoms with Crippen LogP contribution < -0.4 is 5.73 Å². The van der Waals surface area contributed by atoms with Crippen LogP contribution in [0.4, 0.5) is 4.79 Å². The van der Waals surface area contributed by atoms with E-state index < -0.39 is 6.29 Å². The second kappa shape index (κ2) is 14.0. The summed E-state index contributed by atoms with van der Waals surface area (Å²) in [6.45, 7) is 4.80. The number of amides is 3. The Kier molecular flexibility index (Phi) is 10.0. The topological polar surface area (TPSA) is 112 Å². The lowest BCUT2D eigenvalue weighted by Crippen LogP contribution is -2.45. The van der Waals surface area contributed by atoms with Crippen LogP contribution in [0.15, 0.2) is 30.5 Å². The van der Waals surface area contributed by atoms with Gasteiger partial charge in [0.15, 0.2) is 6.29 Å². The molecule has 1 aromatic carbocycles. The highest BCUT2D eigenvalue weighted by molar-refractivity contribution is 6.31. The minimum Gasteiger partial charge on any atom is -0.364 e. The Morgan fingerprint density at radius 1 is 0.956 bits per heavy atom. The first-order valence-corrected chi connectivity index (χ1v) is 16.9. The molecule has 3 amide bonds.